The third-order valence-electron chi connectivity index (χ3n) is 4.56. The van der Waals surface area contributed by atoms with E-state index in [2.05, 4.69) is 21.6 Å². The fourth-order valence-corrected chi connectivity index (χ4v) is 4.62. The lowest BCUT2D eigenvalue weighted by Crippen LogP contribution is -2.52. The molecule has 0 aromatic rings. The molecule has 3 aliphatic rings. The summed E-state index contributed by atoms with van der Waals surface area (Å²) in [4.78, 5) is 5.34. The third kappa shape index (κ3) is 3.41. The lowest BCUT2D eigenvalue weighted by Gasteiger charge is -2.39. The molecule has 3 heterocycles. The van der Waals surface area contributed by atoms with Crippen molar-refractivity contribution in [3.63, 3.8) is 0 Å². The van der Waals surface area contributed by atoms with Gasteiger partial charge in [-0.25, -0.2) is 0 Å². The van der Waals surface area contributed by atoms with Crippen molar-refractivity contribution in [1.29, 1.82) is 0 Å². The predicted octanol–water partition coefficient (Wildman–Crippen LogP) is 1.68. The van der Waals surface area contributed by atoms with Crippen LogP contribution in [0.4, 0.5) is 0 Å². The van der Waals surface area contributed by atoms with Gasteiger partial charge >= 0.3 is 0 Å². The summed E-state index contributed by atoms with van der Waals surface area (Å²) in [6.45, 7) is 7.22. The van der Waals surface area contributed by atoms with Crippen molar-refractivity contribution in [2.75, 3.05) is 50.8 Å². The van der Waals surface area contributed by atoms with Crippen LogP contribution in [0.2, 0.25) is 0 Å². The molecule has 0 saturated carbocycles. The molecule has 0 bridgehead atoms. The molecule has 104 valence electrons. The van der Waals surface area contributed by atoms with E-state index in [9.17, 15) is 0 Å². The van der Waals surface area contributed by atoms with E-state index in [-0.39, 0.29) is 0 Å². The molecule has 0 amide bonds. The Morgan fingerprint density at radius 1 is 1.06 bits per heavy atom. The van der Waals surface area contributed by atoms with E-state index in [1.807, 2.05) is 0 Å². The minimum Gasteiger partial charge on any atom is -0.377 e. The van der Waals surface area contributed by atoms with Crippen molar-refractivity contribution >= 4 is 11.8 Å². The fourth-order valence-electron chi connectivity index (χ4n) is 3.36. The zero-order valence-electron chi connectivity index (χ0n) is 11.4. The highest BCUT2D eigenvalue weighted by Gasteiger charge is 2.27. The van der Waals surface area contributed by atoms with Crippen molar-refractivity contribution in [3.8, 4) is 0 Å². The Kier molecular flexibility index (Phi) is 4.85. The lowest BCUT2D eigenvalue weighted by atomic mass is 10.1. The van der Waals surface area contributed by atoms with Crippen LogP contribution in [0.25, 0.3) is 0 Å². The van der Waals surface area contributed by atoms with Gasteiger partial charge in [0, 0.05) is 51.1 Å². The Labute approximate surface area is 115 Å². The Morgan fingerprint density at radius 3 is 2.61 bits per heavy atom. The molecule has 0 aliphatic carbocycles. The molecule has 0 aromatic heterocycles. The summed E-state index contributed by atoms with van der Waals surface area (Å²) >= 11 is 2.13. The maximum absolute atomic E-state index is 5.85. The van der Waals surface area contributed by atoms with Crippen molar-refractivity contribution in [2.45, 2.75) is 37.8 Å². The molecule has 0 N–H and O–H groups in total. The quantitative estimate of drug-likeness (QED) is 0.775. The topological polar surface area (TPSA) is 15.7 Å². The molecule has 3 saturated heterocycles. The lowest BCUT2D eigenvalue weighted by molar-refractivity contribution is -0.0162. The second kappa shape index (κ2) is 6.60. The summed E-state index contributed by atoms with van der Waals surface area (Å²) in [6.07, 6.45) is 5.84. The van der Waals surface area contributed by atoms with E-state index in [0.29, 0.717) is 6.10 Å². The molecule has 0 spiro atoms. The molecule has 18 heavy (non-hydrogen) atoms. The summed E-state index contributed by atoms with van der Waals surface area (Å²) in [6, 6.07) is 0.878. The number of rotatable bonds is 3. The minimum absolute atomic E-state index is 0.521. The zero-order valence-corrected chi connectivity index (χ0v) is 12.2. The first-order chi connectivity index (χ1) is 8.92. The van der Waals surface area contributed by atoms with Crippen LogP contribution in [-0.2, 0) is 4.74 Å². The molecule has 0 radical (unpaired) electrons. The van der Waals surface area contributed by atoms with Gasteiger partial charge in [0.05, 0.1) is 6.10 Å². The number of nitrogens with zero attached hydrogens (tertiary/aromatic N) is 2. The SMILES string of the molecule is C1CC[C@@H](CN2CCN([C@@H]3CCSC3)CC2)OC1. The van der Waals surface area contributed by atoms with Crippen molar-refractivity contribution < 1.29 is 4.74 Å². The number of hydrogen-bond acceptors (Lipinski definition) is 4. The van der Waals surface area contributed by atoms with Gasteiger partial charge < -0.3 is 4.74 Å². The largest absolute Gasteiger partial charge is 0.377 e. The van der Waals surface area contributed by atoms with E-state index in [1.165, 1.54) is 69.9 Å². The summed E-state index contributed by atoms with van der Waals surface area (Å²) < 4.78 is 5.85. The Bertz CT molecular complexity index is 244. The number of hydrogen-bond donors (Lipinski definition) is 0. The Hall–Kier alpha value is 0.230. The van der Waals surface area contributed by atoms with Crippen LogP contribution < -0.4 is 0 Å². The molecular formula is C14H26N2OS. The van der Waals surface area contributed by atoms with Gasteiger partial charge in [0.15, 0.2) is 0 Å². The van der Waals surface area contributed by atoms with Gasteiger partial charge in [-0.05, 0) is 31.4 Å². The molecule has 3 aliphatic heterocycles. The van der Waals surface area contributed by atoms with Gasteiger partial charge in [0.25, 0.3) is 0 Å². The van der Waals surface area contributed by atoms with E-state index in [1.54, 1.807) is 0 Å². The van der Waals surface area contributed by atoms with Crippen LogP contribution in [0, 0.1) is 0 Å². The summed E-state index contributed by atoms with van der Waals surface area (Å²) in [5, 5.41) is 0. The number of piperazine rings is 1. The van der Waals surface area contributed by atoms with E-state index >= 15 is 0 Å². The highest BCUT2D eigenvalue weighted by atomic mass is 32.2. The number of ether oxygens (including phenoxy) is 1. The Morgan fingerprint density at radius 2 is 1.94 bits per heavy atom. The normalized spacial score (nSPS) is 36.0. The van der Waals surface area contributed by atoms with Crippen LogP contribution in [0.3, 0.4) is 0 Å². The first-order valence-electron chi connectivity index (χ1n) is 7.57. The average molecular weight is 270 g/mol. The predicted molar refractivity (Wildman–Crippen MR) is 77.3 cm³/mol. The smallest absolute Gasteiger partial charge is 0.0702 e. The number of thioether (sulfide) groups is 1. The van der Waals surface area contributed by atoms with Crippen LogP contribution in [0.1, 0.15) is 25.7 Å². The standard InChI is InChI=1S/C14H26N2OS/c1-2-9-17-14(3-1)11-15-5-7-16(8-6-15)13-4-10-18-12-13/h13-14H,1-12H2/t13-,14+/m1/s1. The molecular weight excluding hydrogens is 244 g/mol. The van der Waals surface area contributed by atoms with Crippen LogP contribution in [0.5, 0.6) is 0 Å². The fraction of sp³-hybridized carbons (Fsp3) is 1.00. The molecule has 0 aromatic carbocycles. The molecule has 2 atom stereocenters. The maximum atomic E-state index is 5.85. The monoisotopic (exact) mass is 270 g/mol. The Balaban J connectivity index is 1.39. The van der Waals surface area contributed by atoms with Crippen molar-refractivity contribution in [2.24, 2.45) is 0 Å². The van der Waals surface area contributed by atoms with E-state index < -0.39 is 0 Å². The van der Waals surface area contributed by atoms with Gasteiger partial charge in [-0.15, -0.1) is 0 Å². The molecule has 3 rings (SSSR count). The van der Waals surface area contributed by atoms with Gasteiger partial charge in [-0.1, -0.05) is 0 Å². The van der Waals surface area contributed by atoms with Crippen LogP contribution in [-0.4, -0.2) is 72.8 Å². The van der Waals surface area contributed by atoms with Crippen LogP contribution >= 0.6 is 11.8 Å². The maximum Gasteiger partial charge on any atom is 0.0702 e. The first-order valence-corrected chi connectivity index (χ1v) is 8.73. The van der Waals surface area contributed by atoms with Gasteiger partial charge in [-0.2, -0.15) is 11.8 Å². The van der Waals surface area contributed by atoms with Crippen LogP contribution in [0.15, 0.2) is 0 Å². The molecule has 0 unspecified atom stereocenters. The average Bonchev–Trinajstić information content (AvgIpc) is 2.95. The minimum atomic E-state index is 0.521. The second-order valence-electron chi connectivity index (χ2n) is 5.84. The van der Waals surface area contributed by atoms with E-state index in [4.69, 9.17) is 4.74 Å². The summed E-state index contributed by atoms with van der Waals surface area (Å²) in [5.41, 5.74) is 0. The molecule has 4 heteroatoms. The second-order valence-corrected chi connectivity index (χ2v) is 6.99. The summed E-state index contributed by atoms with van der Waals surface area (Å²) in [5.74, 6) is 2.74. The highest BCUT2D eigenvalue weighted by molar-refractivity contribution is 7.99. The molecule has 3 fully saturated rings. The molecule has 3 nitrogen and oxygen atoms in total. The third-order valence-corrected chi connectivity index (χ3v) is 5.71. The van der Waals surface area contributed by atoms with E-state index in [0.717, 1.165) is 12.6 Å². The van der Waals surface area contributed by atoms with Gasteiger partial charge in [0.2, 0.25) is 0 Å². The summed E-state index contributed by atoms with van der Waals surface area (Å²) in [7, 11) is 0. The highest BCUT2D eigenvalue weighted by Crippen LogP contribution is 2.23. The van der Waals surface area contributed by atoms with Crippen molar-refractivity contribution in [1.82, 2.24) is 9.80 Å². The van der Waals surface area contributed by atoms with Gasteiger partial charge in [-0.3, -0.25) is 9.80 Å². The van der Waals surface area contributed by atoms with Gasteiger partial charge in [0.1, 0.15) is 0 Å². The first kappa shape index (κ1) is 13.2. The van der Waals surface area contributed by atoms with Crippen molar-refractivity contribution in [3.05, 3.63) is 0 Å². The zero-order chi connectivity index (χ0) is 12.2.